The maximum atomic E-state index is 9.92. The number of nitrogens with one attached hydrogen (secondary N) is 2. The first-order valence-electron chi connectivity index (χ1n) is 6.05. The van der Waals surface area contributed by atoms with Crippen LogP contribution in [0.4, 0.5) is 5.95 Å². The average Bonchev–Trinajstić information content (AvgIpc) is 2.86. The summed E-state index contributed by atoms with van der Waals surface area (Å²) in [6.45, 7) is 0. The Kier molecular flexibility index (Phi) is 3.94. The number of imidazole rings is 1. The Balaban J connectivity index is 1.81. The maximum absolute atomic E-state index is 9.92. The lowest BCUT2D eigenvalue weighted by Crippen LogP contribution is -1.93. The average molecular weight is 410 g/mol. The van der Waals surface area contributed by atoms with E-state index in [4.69, 9.17) is 0 Å². The molecule has 0 amide bonds. The largest absolute Gasteiger partial charge is 0.506 e. The molecule has 0 spiro atoms. The van der Waals surface area contributed by atoms with Crippen LogP contribution in [0.25, 0.3) is 11.0 Å². The minimum absolute atomic E-state index is 0.133. The summed E-state index contributed by atoms with van der Waals surface area (Å²) < 4.78 is 1.44. The number of phenolic OH excluding ortho intramolecular Hbond substituents is 1. The van der Waals surface area contributed by atoms with E-state index in [0.717, 1.165) is 15.5 Å². The lowest BCUT2D eigenvalue weighted by Gasteiger charge is -2.02. The van der Waals surface area contributed by atoms with E-state index in [2.05, 4.69) is 52.4 Å². The van der Waals surface area contributed by atoms with Crippen LogP contribution in [0.5, 0.6) is 5.75 Å². The predicted molar refractivity (Wildman–Crippen MR) is 90.8 cm³/mol. The van der Waals surface area contributed by atoms with Crippen molar-refractivity contribution in [3.63, 3.8) is 0 Å². The number of aromatic nitrogens is 2. The van der Waals surface area contributed by atoms with Crippen LogP contribution in [0.15, 0.2) is 50.4 Å². The first-order chi connectivity index (χ1) is 10.1. The smallest absolute Gasteiger partial charge is 0.222 e. The maximum Gasteiger partial charge on any atom is 0.222 e. The van der Waals surface area contributed by atoms with Crippen molar-refractivity contribution < 1.29 is 5.11 Å². The van der Waals surface area contributed by atoms with Crippen LogP contribution in [0, 0.1) is 0 Å². The summed E-state index contributed by atoms with van der Waals surface area (Å²) in [5.74, 6) is 0.675. The molecule has 5 nitrogen and oxygen atoms in total. The van der Waals surface area contributed by atoms with Crippen LogP contribution in [-0.4, -0.2) is 21.3 Å². The quantitative estimate of drug-likeness (QED) is 0.447. The Morgan fingerprint density at radius 3 is 2.86 bits per heavy atom. The monoisotopic (exact) mass is 408 g/mol. The third-order valence-corrected chi connectivity index (χ3v) is 3.88. The minimum Gasteiger partial charge on any atom is -0.506 e. The van der Waals surface area contributed by atoms with Crippen molar-refractivity contribution in [3.05, 3.63) is 50.9 Å². The molecular formula is C14H10Br2N4O. The SMILES string of the molecule is Oc1c(Br)cc(Br)cc1C=NNc1nc2ccccc2[nH]1. The summed E-state index contributed by atoms with van der Waals surface area (Å²) in [7, 11) is 0. The number of H-pyrrole nitrogens is 1. The zero-order valence-corrected chi connectivity index (χ0v) is 13.8. The van der Waals surface area contributed by atoms with Gasteiger partial charge in [0, 0.05) is 10.0 Å². The highest BCUT2D eigenvalue weighted by molar-refractivity contribution is 9.11. The van der Waals surface area contributed by atoms with Crippen LogP contribution >= 0.6 is 31.9 Å². The van der Waals surface area contributed by atoms with E-state index < -0.39 is 0 Å². The molecule has 0 fully saturated rings. The zero-order valence-electron chi connectivity index (χ0n) is 10.6. The van der Waals surface area contributed by atoms with Gasteiger partial charge >= 0.3 is 0 Å². The third-order valence-electron chi connectivity index (χ3n) is 2.82. The first-order valence-corrected chi connectivity index (χ1v) is 7.64. The predicted octanol–water partition coefficient (Wildman–Crippen LogP) is 4.24. The van der Waals surface area contributed by atoms with Gasteiger partial charge in [-0.25, -0.2) is 10.4 Å². The number of fused-ring (bicyclic) bond motifs is 1. The number of benzene rings is 2. The first kappa shape index (κ1) is 14.1. The molecule has 0 aliphatic carbocycles. The van der Waals surface area contributed by atoms with E-state index in [1.165, 1.54) is 6.21 Å². The number of hydrogen-bond donors (Lipinski definition) is 3. The molecule has 0 saturated carbocycles. The zero-order chi connectivity index (χ0) is 14.8. The molecule has 21 heavy (non-hydrogen) atoms. The summed E-state index contributed by atoms with van der Waals surface area (Å²) in [6, 6.07) is 11.2. The van der Waals surface area contributed by atoms with Crippen molar-refractivity contribution in [2.24, 2.45) is 5.10 Å². The lowest BCUT2D eigenvalue weighted by atomic mass is 10.2. The van der Waals surface area contributed by atoms with E-state index in [1.54, 1.807) is 12.1 Å². The number of rotatable bonds is 3. The van der Waals surface area contributed by atoms with Crippen molar-refractivity contribution in [2.45, 2.75) is 0 Å². The highest BCUT2D eigenvalue weighted by Gasteiger charge is 2.05. The molecular weight excluding hydrogens is 400 g/mol. The van der Waals surface area contributed by atoms with E-state index in [1.807, 2.05) is 24.3 Å². The van der Waals surface area contributed by atoms with Crippen molar-refractivity contribution >= 4 is 55.1 Å². The molecule has 0 bridgehead atoms. The summed E-state index contributed by atoms with van der Waals surface area (Å²) in [5.41, 5.74) is 5.19. The van der Waals surface area contributed by atoms with Crippen LogP contribution < -0.4 is 5.43 Å². The van der Waals surface area contributed by atoms with Crippen LogP contribution in [0.3, 0.4) is 0 Å². The highest BCUT2D eigenvalue weighted by atomic mass is 79.9. The van der Waals surface area contributed by atoms with Gasteiger partial charge in [0.15, 0.2) is 0 Å². The normalized spacial score (nSPS) is 11.3. The van der Waals surface area contributed by atoms with Crippen LogP contribution in [-0.2, 0) is 0 Å². The molecule has 3 N–H and O–H groups in total. The topological polar surface area (TPSA) is 73.3 Å². The summed E-state index contributed by atoms with van der Waals surface area (Å²) >= 11 is 6.64. The Bertz CT molecular complexity index is 796. The molecule has 0 aliphatic heterocycles. The standard InChI is InChI=1S/C14H10Br2N4O/c15-9-5-8(13(21)10(16)6-9)7-17-20-14-18-11-3-1-2-4-12(11)19-14/h1-7,21H,(H2,18,19,20). The van der Waals surface area contributed by atoms with Gasteiger partial charge in [-0.1, -0.05) is 28.1 Å². The van der Waals surface area contributed by atoms with Crippen LogP contribution in [0.2, 0.25) is 0 Å². The van der Waals surface area contributed by atoms with Gasteiger partial charge in [0.05, 0.1) is 21.7 Å². The van der Waals surface area contributed by atoms with E-state index >= 15 is 0 Å². The van der Waals surface area contributed by atoms with Gasteiger partial charge in [0.1, 0.15) is 5.75 Å². The van der Waals surface area contributed by atoms with Gasteiger partial charge in [-0.2, -0.15) is 5.10 Å². The van der Waals surface area contributed by atoms with Gasteiger partial charge in [-0.3, -0.25) is 0 Å². The van der Waals surface area contributed by atoms with Crippen molar-refractivity contribution in [3.8, 4) is 5.75 Å². The molecule has 0 radical (unpaired) electrons. The number of hydrazone groups is 1. The lowest BCUT2D eigenvalue weighted by molar-refractivity contribution is 0.471. The molecule has 0 aliphatic rings. The summed E-state index contributed by atoms with van der Waals surface area (Å²) in [6.07, 6.45) is 1.53. The molecule has 106 valence electrons. The fourth-order valence-corrected chi connectivity index (χ4v) is 3.11. The fourth-order valence-electron chi connectivity index (χ4n) is 1.85. The summed E-state index contributed by atoms with van der Waals surface area (Å²) in [4.78, 5) is 7.44. The molecule has 2 aromatic carbocycles. The van der Waals surface area contributed by atoms with E-state index in [-0.39, 0.29) is 5.75 Å². The number of anilines is 1. The fraction of sp³-hybridized carbons (Fsp3) is 0. The molecule has 0 unspecified atom stereocenters. The number of hydrogen-bond acceptors (Lipinski definition) is 4. The summed E-state index contributed by atoms with van der Waals surface area (Å²) in [5, 5.41) is 14.0. The molecule has 7 heteroatoms. The van der Waals surface area contributed by atoms with Crippen molar-refractivity contribution in [1.29, 1.82) is 0 Å². The Labute approximate surface area is 137 Å². The minimum atomic E-state index is 0.133. The number of para-hydroxylation sites is 2. The second-order valence-corrected chi connectivity index (χ2v) is 6.07. The van der Waals surface area contributed by atoms with Gasteiger partial charge < -0.3 is 10.1 Å². The number of phenols is 1. The van der Waals surface area contributed by atoms with Crippen molar-refractivity contribution in [1.82, 2.24) is 9.97 Å². The second kappa shape index (κ2) is 5.87. The molecule has 3 rings (SSSR count). The highest BCUT2D eigenvalue weighted by Crippen LogP contribution is 2.30. The molecule has 1 aromatic heterocycles. The van der Waals surface area contributed by atoms with Crippen molar-refractivity contribution in [2.75, 3.05) is 5.43 Å². The van der Waals surface area contributed by atoms with Gasteiger partial charge in [0.25, 0.3) is 0 Å². The van der Waals surface area contributed by atoms with E-state index in [0.29, 0.717) is 16.0 Å². The molecule has 0 saturated heterocycles. The van der Waals surface area contributed by atoms with Gasteiger partial charge in [0.2, 0.25) is 5.95 Å². The molecule has 1 heterocycles. The van der Waals surface area contributed by atoms with Crippen LogP contribution in [0.1, 0.15) is 5.56 Å². The number of aromatic amines is 1. The number of halogens is 2. The Hall–Kier alpha value is -1.86. The third kappa shape index (κ3) is 3.08. The number of aromatic hydroxyl groups is 1. The molecule has 3 aromatic rings. The van der Waals surface area contributed by atoms with E-state index in [9.17, 15) is 5.11 Å². The van der Waals surface area contributed by atoms with Gasteiger partial charge in [-0.05, 0) is 40.2 Å². The number of nitrogens with zero attached hydrogens (tertiary/aromatic N) is 2. The second-order valence-electron chi connectivity index (χ2n) is 4.30. The Morgan fingerprint density at radius 2 is 2.05 bits per heavy atom. The molecule has 0 atom stereocenters. The van der Waals surface area contributed by atoms with Gasteiger partial charge in [-0.15, -0.1) is 0 Å². The Morgan fingerprint density at radius 1 is 1.24 bits per heavy atom.